The van der Waals surface area contributed by atoms with E-state index in [1.54, 1.807) is 0 Å². The molecule has 1 aromatic carbocycles. The fourth-order valence-electron chi connectivity index (χ4n) is 6.70. The van der Waals surface area contributed by atoms with Crippen LogP contribution in [0.2, 0.25) is 0 Å². The number of β-amino-alcohol motifs (C(OH)–C–C–N with tert-alkyl or cyclic N) is 1. The van der Waals surface area contributed by atoms with Crippen LogP contribution in [0.3, 0.4) is 0 Å². The van der Waals surface area contributed by atoms with Crippen LogP contribution in [-0.4, -0.2) is 97.7 Å². The van der Waals surface area contributed by atoms with Crippen LogP contribution >= 0.6 is 0 Å². The molecule has 1 atom stereocenters. The molecule has 0 bridgehead atoms. The number of hydrogen-bond acceptors (Lipinski definition) is 9. The monoisotopic (exact) mass is 546 g/mol. The van der Waals surface area contributed by atoms with E-state index in [2.05, 4.69) is 27.4 Å². The number of benzene rings is 1. The Morgan fingerprint density at radius 2 is 1.75 bits per heavy atom. The van der Waals surface area contributed by atoms with Gasteiger partial charge in [-0.25, -0.2) is 9.97 Å². The maximum absolute atomic E-state index is 12.2. The van der Waals surface area contributed by atoms with E-state index in [0.29, 0.717) is 44.0 Å². The van der Waals surface area contributed by atoms with Gasteiger partial charge in [-0.1, -0.05) is 19.1 Å². The van der Waals surface area contributed by atoms with Gasteiger partial charge in [-0.2, -0.15) is 9.97 Å². The third-order valence-electron chi connectivity index (χ3n) is 8.77. The number of aryl methyl sites for hydroxylation is 2. The SMILES string of the molecule is CCc1nc2ccccc2n1-c1nc(N2CCOCC2)c2nc(C3(O)CCCN(C4CCOCC4)C3)n(C)c2n1. The quantitative estimate of drug-likeness (QED) is 0.404. The van der Waals surface area contributed by atoms with Crippen molar-refractivity contribution in [3.05, 3.63) is 35.9 Å². The molecule has 11 heteroatoms. The summed E-state index contributed by atoms with van der Waals surface area (Å²) >= 11 is 0. The topological polar surface area (TPSA) is 107 Å². The van der Waals surface area contributed by atoms with E-state index < -0.39 is 5.60 Å². The number of ether oxygens (including phenoxy) is 2. The summed E-state index contributed by atoms with van der Waals surface area (Å²) in [6.07, 6.45) is 4.36. The summed E-state index contributed by atoms with van der Waals surface area (Å²) in [5.74, 6) is 2.93. The predicted molar refractivity (Wildman–Crippen MR) is 152 cm³/mol. The van der Waals surface area contributed by atoms with Crippen molar-refractivity contribution in [2.75, 3.05) is 57.5 Å². The minimum Gasteiger partial charge on any atom is -0.381 e. The van der Waals surface area contributed by atoms with Crippen LogP contribution in [0.15, 0.2) is 24.3 Å². The van der Waals surface area contributed by atoms with E-state index in [1.165, 1.54) is 0 Å². The Morgan fingerprint density at radius 3 is 2.55 bits per heavy atom. The molecule has 212 valence electrons. The van der Waals surface area contributed by atoms with Crippen LogP contribution in [0.5, 0.6) is 0 Å². The number of aromatic nitrogens is 6. The zero-order valence-corrected chi connectivity index (χ0v) is 23.4. The molecule has 3 aromatic heterocycles. The molecule has 0 saturated carbocycles. The largest absolute Gasteiger partial charge is 0.381 e. The summed E-state index contributed by atoms with van der Waals surface area (Å²) in [7, 11) is 1.97. The Morgan fingerprint density at radius 1 is 0.975 bits per heavy atom. The van der Waals surface area contributed by atoms with E-state index >= 15 is 0 Å². The molecule has 4 aromatic rings. The first-order valence-electron chi connectivity index (χ1n) is 14.6. The number of rotatable bonds is 5. The minimum atomic E-state index is -1.06. The maximum atomic E-state index is 12.2. The summed E-state index contributed by atoms with van der Waals surface area (Å²) in [5, 5.41) is 12.2. The highest BCUT2D eigenvalue weighted by Crippen LogP contribution is 2.36. The van der Waals surface area contributed by atoms with Crippen molar-refractivity contribution in [3.63, 3.8) is 0 Å². The fourth-order valence-corrected chi connectivity index (χ4v) is 6.70. The van der Waals surface area contributed by atoms with Gasteiger partial charge >= 0.3 is 0 Å². The van der Waals surface area contributed by atoms with E-state index in [1.807, 2.05) is 29.8 Å². The zero-order chi connectivity index (χ0) is 27.3. The molecular weight excluding hydrogens is 508 g/mol. The van der Waals surface area contributed by atoms with Crippen molar-refractivity contribution in [2.24, 2.45) is 7.05 Å². The van der Waals surface area contributed by atoms with Gasteiger partial charge in [0.15, 0.2) is 17.0 Å². The lowest BCUT2D eigenvalue weighted by Crippen LogP contribution is -2.52. The van der Waals surface area contributed by atoms with Crippen LogP contribution in [-0.2, 0) is 28.5 Å². The lowest BCUT2D eigenvalue weighted by molar-refractivity contribution is -0.0709. The van der Waals surface area contributed by atoms with Gasteiger partial charge in [0.25, 0.3) is 0 Å². The van der Waals surface area contributed by atoms with Gasteiger partial charge in [0, 0.05) is 52.4 Å². The average molecular weight is 547 g/mol. The number of morpholine rings is 1. The van der Waals surface area contributed by atoms with Crippen LogP contribution < -0.4 is 4.90 Å². The number of fused-ring (bicyclic) bond motifs is 2. The molecule has 1 unspecified atom stereocenters. The Labute approximate surface area is 233 Å². The van der Waals surface area contributed by atoms with Gasteiger partial charge in [-0.3, -0.25) is 9.47 Å². The molecule has 3 fully saturated rings. The molecular formula is C29H38N8O3. The van der Waals surface area contributed by atoms with Crippen molar-refractivity contribution in [1.82, 2.24) is 34.0 Å². The third-order valence-corrected chi connectivity index (χ3v) is 8.77. The van der Waals surface area contributed by atoms with Gasteiger partial charge in [0.05, 0.1) is 24.2 Å². The summed E-state index contributed by atoms with van der Waals surface area (Å²) in [6, 6.07) is 8.55. The van der Waals surface area contributed by atoms with E-state index in [9.17, 15) is 5.11 Å². The van der Waals surface area contributed by atoms with Crippen LogP contribution in [0.1, 0.15) is 44.3 Å². The van der Waals surface area contributed by atoms with Gasteiger partial charge in [0.2, 0.25) is 5.95 Å². The number of anilines is 1. The van der Waals surface area contributed by atoms with E-state index in [0.717, 1.165) is 92.4 Å². The van der Waals surface area contributed by atoms with Crippen molar-refractivity contribution < 1.29 is 14.6 Å². The highest BCUT2D eigenvalue weighted by molar-refractivity contribution is 5.86. The van der Waals surface area contributed by atoms with Crippen molar-refractivity contribution in [2.45, 2.75) is 50.7 Å². The number of para-hydroxylation sites is 2. The molecule has 3 saturated heterocycles. The Balaban J connectivity index is 1.37. The lowest BCUT2D eigenvalue weighted by atomic mass is 9.90. The van der Waals surface area contributed by atoms with Gasteiger partial charge < -0.3 is 24.0 Å². The lowest BCUT2D eigenvalue weighted by Gasteiger charge is -2.43. The van der Waals surface area contributed by atoms with Crippen molar-refractivity contribution in [3.8, 4) is 5.95 Å². The maximum Gasteiger partial charge on any atom is 0.239 e. The second kappa shape index (κ2) is 10.4. The molecule has 7 rings (SSSR count). The van der Waals surface area contributed by atoms with Crippen LogP contribution in [0.25, 0.3) is 28.1 Å². The number of imidazole rings is 2. The minimum absolute atomic E-state index is 0.438. The van der Waals surface area contributed by atoms with Crippen LogP contribution in [0.4, 0.5) is 5.82 Å². The average Bonchev–Trinajstić information content (AvgIpc) is 3.55. The summed E-state index contributed by atoms with van der Waals surface area (Å²) in [4.78, 5) is 24.9. The molecule has 0 radical (unpaired) electrons. The predicted octanol–water partition coefficient (Wildman–Crippen LogP) is 2.56. The normalized spacial score (nSPS) is 23.4. The Kier molecular flexibility index (Phi) is 6.69. The summed E-state index contributed by atoms with van der Waals surface area (Å²) < 4.78 is 15.3. The van der Waals surface area contributed by atoms with Crippen molar-refractivity contribution >= 4 is 28.0 Å². The standard InChI is InChI=1S/C29H38N8O3/c1-3-23-30-21-7-4-5-8-22(21)37(23)28-32-25-24(26(33-28)35-13-17-40-18-14-35)31-27(34(25)2)29(38)11-6-12-36(19-29)20-9-15-39-16-10-20/h4-5,7-8,20,38H,3,6,9-19H2,1-2H3. The Bertz CT molecular complexity index is 1520. The number of hydrogen-bond donors (Lipinski definition) is 1. The molecule has 0 amide bonds. The third kappa shape index (κ3) is 4.36. The summed E-state index contributed by atoms with van der Waals surface area (Å²) in [5.41, 5.74) is 2.28. The molecule has 6 heterocycles. The molecule has 0 aliphatic carbocycles. The second-order valence-electron chi connectivity index (χ2n) is 11.3. The van der Waals surface area contributed by atoms with Crippen molar-refractivity contribution in [1.29, 1.82) is 0 Å². The van der Waals surface area contributed by atoms with Gasteiger partial charge in [0.1, 0.15) is 17.2 Å². The Hall–Kier alpha value is -3.12. The van der Waals surface area contributed by atoms with E-state index in [-0.39, 0.29) is 0 Å². The summed E-state index contributed by atoms with van der Waals surface area (Å²) in [6.45, 7) is 7.96. The van der Waals surface area contributed by atoms with E-state index in [4.69, 9.17) is 29.4 Å². The highest BCUT2D eigenvalue weighted by Gasteiger charge is 2.42. The molecule has 40 heavy (non-hydrogen) atoms. The number of piperidine rings is 1. The molecule has 3 aliphatic rings. The second-order valence-corrected chi connectivity index (χ2v) is 11.3. The van der Waals surface area contributed by atoms with Gasteiger partial charge in [-0.05, 0) is 44.4 Å². The number of nitrogens with zero attached hydrogens (tertiary/aromatic N) is 8. The smallest absolute Gasteiger partial charge is 0.239 e. The zero-order valence-electron chi connectivity index (χ0n) is 23.4. The molecule has 3 aliphatic heterocycles. The molecule has 1 N–H and O–H groups in total. The number of likely N-dealkylation sites (tertiary alicyclic amines) is 1. The first-order valence-corrected chi connectivity index (χ1v) is 14.6. The van der Waals surface area contributed by atoms with Crippen LogP contribution in [0, 0.1) is 0 Å². The molecule has 11 nitrogen and oxygen atoms in total. The fraction of sp³-hybridized carbons (Fsp3) is 0.586. The molecule has 0 spiro atoms. The number of aliphatic hydroxyl groups is 1. The first kappa shape index (κ1) is 25.8. The van der Waals surface area contributed by atoms with Gasteiger partial charge in [-0.15, -0.1) is 0 Å². The highest BCUT2D eigenvalue weighted by atomic mass is 16.5. The first-order chi connectivity index (χ1) is 19.6.